The molecule has 0 amide bonds. The van der Waals surface area contributed by atoms with E-state index < -0.39 is 0 Å². The SMILES string of the molecule is C1=CC(Cc2ccncc2)C2=Nc3ccccc3C2=C1. The van der Waals surface area contributed by atoms with Crippen molar-refractivity contribution in [3.05, 3.63) is 78.1 Å². The summed E-state index contributed by atoms with van der Waals surface area (Å²) >= 11 is 0. The summed E-state index contributed by atoms with van der Waals surface area (Å²) in [5, 5.41) is 0. The summed E-state index contributed by atoms with van der Waals surface area (Å²) in [5.74, 6) is 0.352. The molecule has 0 saturated heterocycles. The first-order valence-electron chi connectivity index (χ1n) is 6.87. The number of rotatable bonds is 2. The molecule has 0 fully saturated rings. The number of pyridine rings is 1. The Balaban J connectivity index is 1.69. The number of benzene rings is 1. The van der Waals surface area contributed by atoms with Crippen molar-refractivity contribution in [3.8, 4) is 0 Å². The highest BCUT2D eigenvalue weighted by molar-refractivity contribution is 6.31. The lowest BCUT2D eigenvalue weighted by Gasteiger charge is -2.17. The van der Waals surface area contributed by atoms with Crippen molar-refractivity contribution in [1.29, 1.82) is 0 Å². The molecule has 0 bridgehead atoms. The first-order valence-corrected chi connectivity index (χ1v) is 6.87. The normalized spacial score (nSPS) is 19.1. The number of hydrogen-bond donors (Lipinski definition) is 0. The summed E-state index contributed by atoms with van der Waals surface area (Å²) in [5.41, 5.74) is 6.13. The van der Waals surface area contributed by atoms with Crippen molar-refractivity contribution in [2.24, 2.45) is 10.9 Å². The molecule has 2 aromatic rings. The van der Waals surface area contributed by atoms with E-state index in [1.54, 1.807) is 0 Å². The van der Waals surface area contributed by atoms with Crippen LogP contribution in [0.1, 0.15) is 11.1 Å². The summed E-state index contributed by atoms with van der Waals surface area (Å²) in [6, 6.07) is 12.5. The minimum Gasteiger partial charge on any atom is -0.265 e. The van der Waals surface area contributed by atoms with Gasteiger partial charge >= 0.3 is 0 Å². The van der Waals surface area contributed by atoms with E-state index in [0.29, 0.717) is 5.92 Å². The average Bonchev–Trinajstić information content (AvgIpc) is 2.88. The molecule has 2 heterocycles. The van der Waals surface area contributed by atoms with E-state index in [-0.39, 0.29) is 0 Å². The average molecular weight is 258 g/mol. The first kappa shape index (κ1) is 11.4. The molecular formula is C18H14N2. The molecule has 1 unspecified atom stereocenters. The fraction of sp³-hybridized carbons (Fsp3) is 0.111. The zero-order valence-electron chi connectivity index (χ0n) is 11.0. The van der Waals surface area contributed by atoms with Crippen LogP contribution < -0.4 is 0 Å². The topological polar surface area (TPSA) is 25.2 Å². The number of fused-ring (bicyclic) bond motifs is 3. The number of hydrogen-bond acceptors (Lipinski definition) is 2. The van der Waals surface area contributed by atoms with E-state index in [1.165, 1.54) is 22.4 Å². The second-order valence-corrected chi connectivity index (χ2v) is 5.15. The van der Waals surface area contributed by atoms with Gasteiger partial charge in [0.1, 0.15) is 0 Å². The van der Waals surface area contributed by atoms with Gasteiger partial charge in [0.25, 0.3) is 0 Å². The van der Waals surface area contributed by atoms with Crippen LogP contribution in [0.2, 0.25) is 0 Å². The Morgan fingerprint density at radius 2 is 1.85 bits per heavy atom. The minimum atomic E-state index is 0.352. The standard InChI is InChI=1S/C18H14N2/c1-2-7-17-15(5-1)16-6-3-4-14(18(16)20-17)12-13-8-10-19-11-9-13/h1-11,14H,12H2. The van der Waals surface area contributed by atoms with Crippen LogP contribution in [0.25, 0.3) is 5.57 Å². The molecule has 1 aromatic heterocycles. The summed E-state index contributed by atoms with van der Waals surface area (Å²) in [6.45, 7) is 0. The third-order valence-corrected chi connectivity index (χ3v) is 3.87. The molecule has 1 atom stereocenters. The zero-order valence-corrected chi connectivity index (χ0v) is 11.0. The molecule has 2 aliphatic rings. The van der Waals surface area contributed by atoms with Gasteiger partial charge in [-0.2, -0.15) is 0 Å². The molecule has 4 rings (SSSR count). The zero-order chi connectivity index (χ0) is 13.4. The maximum atomic E-state index is 4.83. The van der Waals surface area contributed by atoms with E-state index in [4.69, 9.17) is 4.99 Å². The molecular weight excluding hydrogens is 244 g/mol. The van der Waals surface area contributed by atoms with Gasteiger partial charge in [-0.1, -0.05) is 36.4 Å². The predicted molar refractivity (Wildman–Crippen MR) is 82.1 cm³/mol. The summed E-state index contributed by atoms with van der Waals surface area (Å²) in [6.07, 6.45) is 11.3. The Kier molecular flexibility index (Phi) is 2.59. The van der Waals surface area contributed by atoms with Gasteiger partial charge in [-0.15, -0.1) is 0 Å². The van der Waals surface area contributed by atoms with Crippen molar-refractivity contribution in [2.75, 3.05) is 0 Å². The highest BCUT2D eigenvalue weighted by Crippen LogP contribution is 2.39. The molecule has 2 nitrogen and oxygen atoms in total. The second-order valence-electron chi connectivity index (χ2n) is 5.15. The van der Waals surface area contributed by atoms with Crippen LogP contribution in [0.5, 0.6) is 0 Å². The van der Waals surface area contributed by atoms with Crippen molar-refractivity contribution >= 4 is 17.0 Å². The predicted octanol–water partition coefficient (Wildman–Crippen LogP) is 3.98. The highest BCUT2D eigenvalue weighted by atomic mass is 14.8. The van der Waals surface area contributed by atoms with E-state index in [2.05, 4.69) is 53.5 Å². The van der Waals surface area contributed by atoms with E-state index in [1.807, 2.05) is 18.5 Å². The van der Waals surface area contributed by atoms with Crippen LogP contribution >= 0.6 is 0 Å². The van der Waals surface area contributed by atoms with Gasteiger partial charge in [-0.05, 0) is 30.2 Å². The van der Waals surface area contributed by atoms with Crippen LogP contribution in [-0.4, -0.2) is 10.7 Å². The van der Waals surface area contributed by atoms with Crippen LogP contribution in [0, 0.1) is 5.92 Å². The van der Waals surface area contributed by atoms with Crippen LogP contribution in [0.4, 0.5) is 5.69 Å². The largest absolute Gasteiger partial charge is 0.265 e. The summed E-state index contributed by atoms with van der Waals surface area (Å²) < 4.78 is 0. The molecule has 96 valence electrons. The lowest BCUT2D eigenvalue weighted by atomic mass is 9.86. The number of aliphatic imine (C=N–C) groups is 1. The number of allylic oxidation sites excluding steroid dienone is 4. The molecule has 2 heteroatoms. The Bertz CT molecular complexity index is 739. The lowest BCUT2D eigenvalue weighted by Crippen LogP contribution is -2.16. The molecule has 0 N–H and O–H groups in total. The van der Waals surface area contributed by atoms with E-state index in [9.17, 15) is 0 Å². The van der Waals surface area contributed by atoms with Gasteiger partial charge in [-0.3, -0.25) is 9.98 Å². The van der Waals surface area contributed by atoms with E-state index >= 15 is 0 Å². The Morgan fingerprint density at radius 3 is 2.75 bits per heavy atom. The third kappa shape index (κ3) is 1.81. The van der Waals surface area contributed by atoms with Crippen molar-refractivity contribution in [1.82, 2.24) is 4.98 Å². The monoisotopic (exact) mass is 258 g/mol. The Morgan fingerprint density at radius 1 is 1.00 bits per heavy atom. The minimum absolute atomic E-state index is 0.352. The maximum absolute atomic E-state index is 4.83. The fourth-order valence-corrected chi connectivity index (χ4v) is 2.90. The molecule has 0 spiro atoms. The second kappa shape index (κ2) is 4.57. The van der Waals surface area contributed by atoms with Crippen LogP contribution in [0.3, 0.4) is 0 Å². The summed E-state index contributed by atoms with van der Waals surface area (Å²) in [4.78, 5) is 8.91. The van der Waals surface area contributed by atoms with Crippen molar-refractivity contribution < 1.29 is 0 Å². The molecule has 0 saturated carbocycles. The Labute approximate surface area is 118 Å². The quantitative estimate of drug-likeness (QED) is 0.799. The van der Waals surface area contributed by atoms with Gasteiger partial charge in [0, 0.05) is 29.4 Å². The van der Waals surface area contributed by atoms with Gasteiger partial charge in [-0.25, -0.2) is 0 Å². The van der Waals surface area contributed by atoms with Crippen LogP contribution in [-0.2, 0) is 6.42 Å². The highest BCUT2D eigenvalue weighted by Gasteiger charge is 2.27. The lowest BCUT2D eigenvalue weighted by molar-refractivity contribution is 0.851. The summed E-state index contributed by atoms with van der Waals surface area (Å²) in [7, 11) is 0. The van der Waals surface area contributed by atoms with Crippen molar-refractivity contribution in [3.63, 3.8) is 0 Å². The van der Waals surface area contributed by atoms with Gasteiger partial charge in [0.05, 0.1) is 11.4 Å². The number of nitrogens with zero attached hydrogens (tertiary/aromatic N) is 2. The molecule has 1 aliphatic carbocycles. The molecule has 0 radical (unpaired) electrons. The smallest absolute Gasteiger partial charge is 0.0712 e. The number of aromatic nitrogens is 1. The molecule has 1 aliphatic heterocycles. The van der Waals surface area contributed by atoms with Gasteiger partial charge in [0.15, 0.2) is 0 Å². The molecule has 20 heavy (non-hydrogen) atoms. The number of para-hydroxylation sites is 1. The first-order chi connectivity index (χ1) is 9.92. The fourth-order valence-electron chi connectivity index (χ4n) is 2.90. The van der Waals surface area contributed by atoms with E-state index in [0.717, 1.165) is 12.1 Å². The van der Waals surface area contributed by atoms with Crippen molar-refractivity contribution in [2.45, 2.75) is 6.42 Å². The van der Waals surface area contributed by atoms with Gasteiger partial charge < -0.3 is 0 Å². The maximum Gasteiger partial charge on any atom is 0.0712 e. The van der Waals surface area contributed by atoms with Crippen LogP contribution in [0.15, 0.2) is 72.0 Å². The Hall–Kier alpha value is -2.48. The van der Waals surface area contributed by atoms with Gasteiger partial charge in [0.2, 0.25) is 0 Å². The molecule has 1 aromatic carbocycles. The third-order valence-electron chi connectivity index (χ3n) is 3.87.